The smallest absolute Gasteiger partial charge is 0.266 e. The average molecular weight is 663 g/mol. The Balaban J connectivity index is 1.54. The van der Waals surface area contributed by atoms with Crippen molar-refractivity contribution in [3.05, 3.63) is 128 Å². The molecule has 0 saturated carbocycles. The van der Waals surface area contributed by atoms with Crippen molar-refractivity contribution in [1.82, 2.24) is 14.4 Å². The molecule has 0 radical (unpaired) electrons. The molecule has 1 aromatic heterocycles. The third kappa shape index (κ3) is 5.85. The molecule has 3 heterocycles. The summed E-state index contributed by atoms with van der Waals surface area (Å²) in [7, 11) is -4.30. The maximum atomic E-state index is 14.6. The van der Waals surface area contributed by atoms with Crippen molar-refractivity contribution in [2.75, 3.05) is 30.5 Å². The molecule has 0 aliphatic carbocycles. The van der Waals surface area contributed by atoms with Gasteiger partial charge in [0.15, 0.2) is 0 Å². The largest absolute Gasteiger partial charge is 0.340 e. The van der Waals surface area contributed by atoms with E-state index in [2.05, 4.69) is 4.90 Å². The van der Waals surface area contributed by atoms with Gasteiger partial charge in [0.2, 0.25) is 5.91 Å². The van der Waals surface area contributed by atoms with Crippen LogP contribution in [0.15, 0.2) is 94.6 Å². The number of fused-ring (bicyclic) bond motifs is 1. The van der Waals surface area contributed by atoms with Crippen LogP contribution in [0.25, 0.3) is 0 Å². The number of hydrogen-bond acceptors (Lipinski definition) is 6. The highest BCUT2D eigenvalue weighted by atomic mass is 35.5. The van der Waals surface area contributed by atoms with Crippen LogP contribution in [0.3, 0.4) is 0 Å². The zero-order valence-corrected chi connectivity index (χ0v) is 26.6. The molecule has 4 aromatic rings. The summed E-state index contributed by atoms with van der Waals surface area (Å²) in [6, 6.07) is 23.5. The van der Waals surface area contributed by atoms with Gasteiger partial charge in [-0.15, -0.1) is 0 Å². The molecule has 1 fully saturated rings. The second-order valence-corrected chi connectivity index (χ2v) is 13.8. The van der Waals surface area contributed by atoms with Gasteiger partial charge in [-0.3, -0.25) is 19.1 Å². The normalized spacial score (nSPS) is 18.4. The van der Waals surface area contributed by atoms with Crippen LogP contribution in [-0.2, 0) is 21.4 Å². The molecular weight excluding hydrogens is 633 g/mol. The molecule has 0 unspecified atom stereocenters. The second-order valence-electron chi connectivity index (χ2n) is 11.1. The van der Waals surface area contributed by atoms with Crippen LogP contribution >= 0.6 is 23.2 Å². The Labute approximate surface area is 271 Å². The van der Waals surface area contributed by atoms with Crippen molar-refractivity contribution in [3.63, 3.8) is 0 Å². The number of aromatic nitrogens is 1. The highest BCUT2D eigenvalue weighted by Gasteiger charge is 2.47. The van der Waals surface area contributed by atoms with Crippen LogP contribution in [0.2, 0.25) is 10.0 Å². The minimum absolute atomic E-state index is 0.0212. The summed E-state index contributed by atoms with van der Waals surface area (Å²) in [6.45, 7) is 4.27. The Kier molecular flexibility index (Phi) is 8.46. The molecule has 230 valence electrons. The van der Waals surface area contributed by atoms with Crippen LogP contribution in [0.4, 0.5) is 5.82 Å². The molecule has 6 rings (SSSR count). The van der Waals surface area contributed by atoms with E-state index in [1.807, 2.05) is 6.07 Å². The predicted octanol–water partition coefficient (Wildman–Crippen LogP) is 5.23. The van der Waals surface area contributed by atoms with Gasteiger partial charge >= 0.3 is 0 Å². The molecule has 45 heavy (non-hydrogen) atoms. The van der Waals surface area contributed by atoms with Crippen molar-refractivity contribution in [3.8, 4) is 6.07 Å². The quantitative estimate of drug-likeness (QED) is 0.280. The van der Waals surface area contributed by atoms with Crippen LogP contribution in [0.1, 0.15) is 41.3 Å². The number of anilines is 1. The topological polar surface area (TPSA) is 107 Å². The first-order valence-electron chi connectivity index (χ1n) is 14.4. The van der Waals surface area contributed by atoms with E-state index in [0.29, 0.717) is 59.5 Å². The fourth-order valence-electron chi connectivity index (χ4n) is 6.11. The molecule has 2 aliphatic heterocycles. The van der Waals surface area contributed by atoms with E-state index in [-0.39, 0.29) is 27.7 Å². The van der Waals surface area contributed by atoms with E-state index in [9.17, 15) is 23.3 Å². The molecule has 2 aliphatic rings. The number of rotatable bonds is 6. The number of piperazine rings is 1. The van der Waals surface area contributed by atoms with Gasteiger partial charge in [0, 0.05) is 55.3 Å². The maximum Gasteiger partial charge on any atom is 0.266 e. The Hall–Kier alpha value is -4.14. The number of halogens is 2. The molecule has 3 aromatic carbocycles. The van der Waals surface area contributed by atoms with E-state index < -0.39 is 22.1 Å². The average Bonchev–Trinajstić information content (AvgIpc) is 3.40. The fraction of sp³-hybridized carbons (Fsp3) is 0.242. The van der Waals surface area contributed by atoms with Gasteiger partial charge in [-0.25, -0.2) is 12.7 Å². The van der Waals surface area contributed by atoms with Crippen LogP contribution in [-0.4, -0.2) is 54.9 Å². The number of carbonyl (C=O) groups is 1. The van der Waals surface area contributed by atoms with Crippen molar-refractivity contribution in [2.45, 2.75) is 30.4 Å². The summed E-state index contributed by atoms with van der Waals surface area (Å²) < 4.78 is 32.0. The van der Waals surface area contributed by atoms with Crippen LogP contribution in [0.5, 0.6) is 0 Å². The van der Waals surface area contributed by atoms with E-state index in [1.54, 1.807) is 77.1 Å². The number of amides is 1. The lowest BCUT2D eigenvalue weighted by Crippen LogP contribution is -2.48. The molecule has 9 nitrogen and oxygen atoms in total. The number of sulfonamides is 1. The zero-order valence-electron chi connectivity index (χ0n) is 24.3. The first-order chi connectivity index (χ1) is 21.6. The monoisotopic (exact) mass is 661 g/mol. The minimum atomic E-state index is -4.30. The molecule has 1 saturated heterocycles. The zero-order chi connectivity index (χ0) is 31.9. The number of nitrogens with zero attached hydrogens (tertiary/aromatic N) is 5. The number of pyridine rings is 1. The first-order valence-corrected chi connectivity index (χ1v) is 16.6. The van der Waals surface area contributed by atoms with Crippen LogP contribution < -0.4 is 9.86 Å². The molecule has 0 N–H and O–H groups in total. The molecule has 2 atom stereocenters. The van der Waals surface area contributed by atoms with Gasteiger partial charge in [-0.05, 0) is 65.7 Å². The number of benzene rings is 3. The van der Waals surface area contributed by atoms with Crippen molar-refractivity contribution in [1.29, 1.82) is 5.26 Å². The maximum absolute atomic E-state index is 14.6. The van der Waals surface area contributed by atoms with Gasteiger partial charge < -0.3 is 4.90 Å². The SMILES string of the molecule is CC(=O)N1CCN(Cc2ccc3n(c2=O)[C@@H](c2ccc(Cl)cc2)[C@@H](c2ccc(Cl)cc2)N3S(=O)(=O)c2cccc(C#N)c2)CC1. The molecule has 0 spiro atoms. The lowest BCUT2D eigenvalue weighted by molar-refractivity contribution is -0.130. The molecule has 1 amide bonds. The number of carbonyl (C=O) groups excluding carboxylic acids is 1. The molecule has 12 heteroatoms. The van der Waals surface area contributed by atoms with Gasteiger partial charge in [0.1, 0.15) is 5.82 Å². The Morgan fingerprint density at radius 3 is 2.04 bits per heavy atom. The van der Waals surface area contributed by atoms with Crippen molar-refractivity contribution in [2.24, 2.45) is 0 Å². The highest BCUT2D eigenvalue weighted by molar-refractivity contribution is 7.92. The standard InChI is InChI=1S/C33H29Cl2N5O4S/c1-22(41)38-17-15-37(16-18-38)21-26-9-14-30-39(33(26)42)31(24-5-10-27(34)11-6-24)32(25-7-12-28(35)13-8-25)40(30)45(43,44)29-4-2-3-23(19-29)20-36/h2-14,19,31-32H,15-18,21H2,1H3/t31-,32+/m0/s1. The Bertz CT molecular complexity index is 1970. The van der Waals surface area contributed by atoms with Crippen molar-refractivity contribution >= 4 is 45.0 Å². The summed E-state index contributed by atoms with van der Waals surface area (Å²) >= 11 is 12.5. The van der Waals surface area contributed by atoms with Gasteiger partial charge in [0.05, 0.1) is 28.6 Å². The minimum Gasteiger partial charge on any atom is -0.340 e. The van der Waals surface area contributed by atoms with Crippen molar-refractivity contribution < 1.29 is 13.2 Å². The third-order valence-corrected chi connectivity index (χ3v) is 10.7. The summed E-state index contributed by atoms with van der Waals surface area (Å²) in [4.78, 5) is 30.1. The lowest BCUT2D eigenvalue weighted by atomic mass is 9.94. The highest BCUT2D eigenvalue weighted by Crippen LogP contribution is 2.49. The molecule has 0 bridgehead atoms. The third-order valence-electron chi connectivity index (χ3n) is 8.38. The fourth-order valence-corrected chi connectivity index (χ4v) is 8.05. The van der Waals surface area contributed by atoms with E-state index in [1.165, 1.54) is 28.6 Å². The number of hydrogen-bond donors (Lipinski definition) is 0. The Morgan fingerprint density at radius 2 is 1.47 bits per heavy atom. The van der Waals surface area contributed by atoms with Crippen LogP contribution in [0, 0.1) is 11.3 Å². The number of nitriles is 1. The van der Waals surface area contributed by atoms with E-state index in [4.69, 9.17) is 23.2 Å². The van der Waals surface area contributed by atoms with E-state index >= 15 is 0 Å². The summed E-state index contributed by atoms with van der Waals surface area (Å²) in [5.74, 6) is 0.223. The van der Waals surface area contributed by atoms with Gasteiger partial charge in [0.25, 0.3) is 15.6 Å². The summed E-state index contributed by atoms with van der Waals surface area (Å²) in [5, 5.41) is 10.5. The first kappa shape index (κ1) is 30.9. The van der Waals surface area contributed by atoms with Gasteiger partial charge in [-0.1, -0.05) is 53.5 Å². The second kappa shape index (κ2) is 12.3. The summed E-state index contributed by atoms with van der Waals surface area (Å²) in [5.41, 5.74) is 1.71. The predicted molar refractivity (Wildman–Crippen MR) is 173 cm³/mol. The van der Waals surface area contributed by atoms with E-state index in [0.717, 1.165) is 0 Å². The Morgan fingerprint density at radius 1 is 0.867 bits per heavy atom. The lowest BCUT2D eigenvalue weighted by Gasteiger charge is -2.34. The van der Waals surface area contributed by atoms with Gasteiger partial charge in [-0.2, -0.15) is 5.26 Å². The summed E-state index contributed by atoms with van der Waals surface area (Å²) in [6.07, 6.45) is 0. The molecular formula is C33H29Cl2N5O4S.